The van der Waals surface area contributed by atoms with Crippen LogP contribution in [0.2, 0.25) is 0 Å². The Morgan fingerprint density at radius 1 is 1.33 bits per heavy atom. The van der Waals surface area contributed by atoms with Crippen LogP contribution in [0.4, 0.5) is 4.79 Å². The summed E-state index contributed by atoms with van der Waals surface area (Å²) in [5.41, 5.74) is -0.770. The van der Waals surface area contributed by atoms with Gasteiger partial charge in [-0.1, -0.05) is 13.8 Å². The highest BCUT2D eigenvalue weighted by molar-refractivity contribution is 5.87. The van der Waals surface area contributed by atoms with Crippen LogP contribution in [0.1, 0.15) is 41.0 Å². The van der Waals surface area contributed by atoms with Gasteiger partial charge in [0.2, 0.25) is 5.91 Å². The zero-order valence-corrected chi connectivity index (χ0v) is 12.2. The SMILES string of the molecule is CNC(=O)[C@H]1N(C(=O)OC(C)(C)C)CCC1(C)C. The van der Waals surface area contributed by atoms with Crippen molar-refractivity contribution in [3.63, 3.8) is 0 Å². The Balaban J connectivity index is 2.88. The summed E-state index contributed by atoms with van der Waals surface area (Å²) in [4.78, 5) is 25.6. The first-order valence-corrected chi connectivity index (χ1v) is 6.30. The van der Waals surface area contributed by atoms with E-state index in [1.54, 1.807) is 7.05 Å². The summed E-state index contributed by atoms with van der Waals surface area (Å²) >= 11 is 0. The molecule has 0 spiro atoms. The van der Waals surface area contributed by atoms with Gasteiger partial charge in [-0.05, 0) is 32.6 Å². The lowest BCUT2D eigenvalue weighted by Gasteiger charge is -2.32. The first-order valence-electron chi connectivity index (χ1n) is 6.30. The van der Waals surface area contributed by atoms with Gasteiger partial charge in [-0.25, -0.2) is 4.79 Å². The molecule has 2 amide bonds. The number of amides is 2. The van der Waals surface area contributed by atoms with E-state index in [4.69, 9.17) is 4.74 Å². The number of carbonyl (C=O) groups excluding carboxylic acids is 2. The summed E-state index contributed by atoms with van der Waals surface area (Å²) in [6, 6.07) is -0.461. The molecule has 1 saturated heterocycles. The van der Waals surface area contributed by atoms with E-state index < -0.39 is 17.7 Å². The van der Waals surface area contributed by atoms with E-state index in [2.05, 4.69) is 5.32 Å². The molecule has 0 saturated carbocycles. The monoisotopic (exact) mass is 256 g/mol. The van der Waals surface area contributed by atoms with E-state index in [-0.39, 0.29) is 11.3 Å². The van der Waals surface area contributed by atoms with Crippen molar-refractivity contribution in [3.8, 4) is 0 Å². The molecule has 1 N–H and O–H groups in total. The number of hydrogen-bond donors (Lipinski definition) is 1. The van der Waals surface area contributed by atoms with E-state index in [9.17, 15) is 9.59 Å². The lowest BCUT2D eigenvalue weighted by Crippen LogP contribution is -2.51. The third-order valence-electron chi connectivity index (χ3n) is 3.17. The lowest BCUT2D eigenvalue weighted by atomic mass is 9.84. The number of likely N-dealkylation sites (N-methyl/N-ethyl adjacent to an activating group) is 1. The highest BCUT2D eigenvalue weighted by Crippen LogP contribution is 2.36. The highest BCUT2D eigenvalue weighted by atomic mass is 16.6. The van der Waals surface area contributed by atoms with Crippen LogP contribution in [0.15, 0.2) is 0 Å². The summed E-state index contributed by atoms with van der Waals surface area (Å²) in [5, 5.41) is 2.62. The van der Waals surface area contributed by atoms with E-state index >= 15 is 0 Å². The number of likely N-dealkylation sites (tertiary alicyclic amines) is 1. The highest BCUT2D eigenvalue weighted by Gasteiger charge is 2.47. The zero-order valence-electron chi connectivity index (χ0n) is 12.2. The predicted octanol–water partition coefficient (Wildman–Crippen LogP) is 1.77. The standard InChI is InChI=1S/C13H24N2O3/c1-12(2,3)18-11(17)15-8-7-13(4,5)9(15)10(16)14-6/h9H,7-8H2,1-6H3,(H,14,16)/t9-/m1/s1. The Morgan fingerprint density at radius 3 is 2.33 bits per heavy atom. The molecule has 1 aliphatic heterocycles. The van der Waals surface area contributed by atoms with Crippen LogP contribution in [0.3, 0.4) is 0 Å². The van der Waals surface area contributed by atoms with Gasteiger partial charge < -0.3 is 10.1 Å². The third kappa shape index (κ3) is 3.15. The Bertz CT molecular complexity index is 345. The lowest BCUT2D eigenvalue weighted by molar-refractivity contribution is -0.127. The van der Waals surface area contributed by atoms with Crippen LogP contribution >= 0.6 is 0 Å². The molecule has 0 aromatic heterocycles. The fourth-order valence-electron chi connectivity index (χ4n) is 2.25. The predicted molar refractivity (Wildman–Crippen MR) is 69.2 cm³/mol. The minimum Gasteiger partial charge on any atom is -0.444 e. The number of hydrogen-bond acceptors (Lipinski definition) is 3. The average molecular weight is 256 g/mol. The van der Waals surface area contributed by atoms with Crippen molar-refractivity contribution in [2.24, 2.45) is 5.41 Å². The smallest absolute Gasteiger partial charge is 0.410 e. The van der Waals surface area contributed by atoms with Gasteiger partial charge >= 0.3 is 6.09 Å². The molecule has 0 bridgehead atoms. The minimum absolute atomic E-state index is 0.136. The molecule has 18 heavy (non-hydrogen) atoms. The van der Waals surface area contributed by atoms with Crippen LogP contribution < -0.4 is 5.32 Å². The molecule has 5 nitrogen and oxygen atoms in total. The van der Waals surface area contributed by atoms with Crippen LogP contribution in [0, 0.1) is 5.41 Å². The number of nitrogens with zero attached hydrogens (tertiary/aromatic N) is 1. The van der Waals surface area contributed by atoms with Crippen molar-refractivity contribution in [2.45, 2.75) is 52.7 Å². The van der Waals surface area contributed by atoms with Crippen LogP contribution in [-0.2, 0) is 9.53 Å². The molecule has 0 unspecified atom stereocenters. The molecular weight excluding hydrogens is 232 g/mol. The van der Waals surface area contributed by atoms with Crippen LogP contribution in [0.5, 0.6) is 0 Å². The first-order chi connectivity index (χ1) is 8.08. The maximum Gasteiger partial charge on any atom is 0.410 e. The molecule has 1 fully saturated rings. The molecule has 0 radical (unpaired) electrons. The van der Waals surface area contributed by atoms with Gasteiger partial charge in [0.25, 0.3) is 0 Å². The number of rotatable bonds is 1. The van der Waals surface area contributed by atoms with Crippen molar-refractivity contribution < 1.29 is 14.3 Å². The van der Waals surface area contributed by atoms with E-state index in [0.29, 0.717) is 6.54 Å². The molecule has 1 rings (SSSR count). The van der Waals surface area contributed by atoms with Crippen molar-refractivity contribution in [1.82, 2.24) is 10.2 Å². The molecule has 1 atom stereocenters. The Labute approximate surface area is 109 Å². The molecular formula is C13H24N2O3. The Hall–Kier alpha value is -1.26. The fourth-order valence-corrected chi connectivity index (χ4v) is 2.25. The second kappa shape index (κ2) is 4.78. The Kier molecular flexibility index (Phi) is 3.93. The van der Waals surface area contributed by atoms with Gasteiger partial charge in [0.1, 0.15) is 11.6 Å². The normalized spacial score (nSPS) is 22.8. The van der Waals surface area contributed by atoms with Gasteiger partial charge in [0.05, 0.1) is 0 Å². The number of nitrogens with one attached hydrogen (secondary N) is 1. The summed E-state index contributed by atoms with van der Waals surface area (Å²) in [5.74, 6) is -0.136. The molecule has 5 heteroatoms. The van der Waals surface area contributed by atoms with E-state index in [1.807, 2.05) is 34.6 Å². The van der Waals surface area contributed by atoms with E-state index in [1.165, 1.54) is 4.90 Å². The molecule has 0 aliphatic carbocycles. The van der Waals surface area contributed by atoms with Crippen molar-refractivity contribution in [3.05, 3.63) is 0 Å². The number of ether oxygens (including phenoxy) is 1. The molecule has 1 heterocycles. The zero-order chi connectivity index (χ0) is 14.1. The maximum absolute atomic E-state index is 12.1. The summed E-state index contributed by atoms with van der Waals surface area (Å²) in [7, 11) is 1.59. The minimum atomic E-state index is -0.545. The third-order valence-corrected chi connectivity index (χ3v) is 3.17. The first kappa shape index (κ1) is 14.8. The van der Waals surface area contributed by atoms with Crippen LogP contribution in [-0.4, -0.2) is 42.1 Å². The Morgan fingerprint density at radius 2 is 1.89 bits per heavy atom. The molecule has 104 valence electrons. The molecule has 1 aliphatic rings. The van der Waals surface area contributed by atoms with Gasteiger partial charge in [0, 0.05) is 13.6 Å². The van der Waals surface area contributed by atoms with Gasteiger partial charge in [0.15, 0.2) is 0 Å². The van der Waals surface area contributed by atoms with Gasteiger partial charge in [-0.15, -0.1) is 0 Å². The van der Waals surface area contributed by atoms with Gasteiger partial charge in [-0.2, -0.15) is 0 Å². The van der Waals surface area contributed by atoms with Crippen LogP contribution in [0.25, 0.3) is 0 Å². The number of carbonyl (C=O) groups is 2. The van der Waals surface area contributed by atoms with Crippen molar-refractivity contribution >= 4 is 12.0 Å². The second-order valence-electron chi connectivity index (χ2n) is 6.43. The molecule has 0 aromatic rings. The quantitative estimate of drug-likeness (QED) is 0.778. The average Bonchev–Trinajstić information content (AvgIpc) is 2.50. The maximum atomic E-state index is 12.1. The summed E-state index contributed by atoms with van der Waals surface area (Å²) < 4.78 is 5.35. The summed E-state index contributed by atoms with van der Waals surface area (Å²) in [6.45, 7) is 10.0. The largest absolute Gasteiger partial charge is 0.444 e. The van der Waals surface area contributed by atoms with Gasteiger partial charge in [-0.3, -0.25) is 9.69 Å². The summed E-state index contributed by atoms with van der Waals surface area (Å²) in [6.07, 6.45) is 0.381. The van der Waals surface area contributed by atoms with E-state index in [0.717, 1.165) is 6.42 Å². The van der Waals surface area contributed by atoms with Crippen molar-refractivity contribution in [1.29, 1.82) is 0 Å². The fraction of sp³-hybridized carbons (Fsp3) is 0.846. The second-order valence-corrected chi connectivity index (χ2v) is 6.43. The van der Waals surface area contributed by atoms with Crippen molar-refractivity contribution in [2.75, 3.05) is 13.6 Å². The topological polar surface area (TPSA) is 58.6 Å². The molecule has 0 aromatic carbocycles.